The van der Waals surface area contributed by atoms with E-state index in [9.17, 15) is 0 Å². The molecule has 0 aromatic rings. The molecule has 0 bridgehead atoms. The van der Waals surface area contributed by atoms with Crippen molar-refractivity contribution in [3.8, 4) is 0 Å². The zero-order chi connectivity index (χ0) is 12.8. The minimum absolute atomic E-state index is 0.530. The SMILES string of the molecule is COC1CCC(NCCC2CCCC(C)C2)CC1. The Labute approximate surface area is 113 Å². The highest BCUT2D eigenvalue weighted by molar-refractivity contribution is 4.78. The summed E-state index contributed by atoms with van der Waals surface area (Å²) in [5.41, 5.74) is 0. The first-order valence-electron chi connectivity index (χ1n) is 8.04. The Morgan fingerprint density at radius 1 is 1.06 bits per heavy atom. The molecule has 2 fully saturated rings. The van der Waals surface area contributed by atoms with Crippen LogP contribution in [0.15, 0.2) is 0 Å². The van der Waals surface area contributed by atoms with Gasteiger partial charge in [-0.15, -0.1) is 0 Å². The molecule has 2 saturated carbocycles. The Bertz CT molecular complexity index is 223. The van der Waals surface area contributed by atoms with Crippen LogP contribution in [-0.4, -0.2) is 25.8 Å². The molecule has 2 aliphatic rings. The molecule has 0 heterocycles. The van der Waals surface area contributed by atoms with Crippen molar-refractivity contribution in [1.29, 1.82) is 0 Å². The Hall–Kier alpha value is -0.0800. The second kappa shape index (κ2) is 7.49. The average molecular weight is 253 g/mol. The van der Waals surface area contributed by atoms with Gasteiger partial charge in [0.15, 0.2) is 0 Å². The van der Waals surface area contributed by atoms with E-state index in [0.717, 1.165) is 17.9 Å². The minimum atomic E-state index is 0.530. The maximum absolute atomic E-state index is 5.42. The first kappa shape index (κ1) is 14.3. The van der Waals surface area contributed by atoms with Crippen molar-refractivity contribution in [2.24, 2.45) is 11.8 Å². The lowest BCUT2D eigenvalue weighted by molar-refractivity contribution is 0.0623. The smallest absolute Gasteiger partial charge is 0.0572 e. The van der Waals surface area contributed by atoms with Gasteiger partial charge in [-0.05, 0) is 56.9 Å². The summed E-state index contributed by atoms with van der Waals surface area (Å²) in [6.07, 6.45) is 12.9. The fourth-order valence-corrected chi connectivity index (χ4v) is 3.82. The van der Waals surface area contributed by atoms with Gasteiger partial charge in [-0.1, -0.05) is 26.2 Å². The molecule has 0 spiro atoms. The van der Waals surface area contributed by atoms with Gasteiger partial charge in [0.1, 0.15) is 0 Å². The van der Waals surface area contributed by atoms with E-state index in [1.807, 2.05) is 7.11 Å². The van der Waals surface area contributed by atoms with Crippen LogP contribution in [0.1, 0.15) is 64.7 Å². The summed E-state index contributed by atoms with van der Waals surface area (Å²) >= 11 is 0. The van der Waals surface area contributed by atoms with Gasteiger partial charge in [0.05, 0.1) is 6.10 Å². The molecular formula is C16H31NO. The van der Waals surface area contributed by atoms with Gasteiger partial charge < -0.3 is 10.1 Å². The zero-order valence-electron chi connectivity index (χ0n) is 12.3. The lowest BCUT2D eigenvalue weighted by atomic mass is 9.81. The van der Waals surface area contributed by atoms with Crippen molar-refractivity contribution in [3.63, 3.8) is 0 Å². The summed E-state index contributed by atoms with van der Waals surface area (Å²) in [5.74, 6) is 1.97. The molecule has 0 aliphatic heterocycles. The number of methoxy groups -OCH3 is 1. The van der Waals surface area contributed by atoms with Gasteiger partial charge >= 0.3 is 0 Å². The van der Waals surface area contributed by atoms with Crippen LogP contribution in [0.25, 0.3) is 0 Å². The Balaban J connectivity index is 1.55. The first-order valence-corrected chi connectivity index (χ1v) is 8.04. The molecule has 106 valence electrons. The van der Waals surface area contributed by atoms with Crippen LogP contribution in [0.5, 0.6) is 0 Å². The summed E-state index contributed by atoms with van der Waals surface area (Å²) < 4.78 is 5.42. The van der Waals surface area contributed by atoms with Crippen molar-refractivity contribution >= 4 is 0 Å². The molecule has 18 heavy (non-hydrogen) atoms. The van der Waals surface area contributed by atoms with Gasteiger partial charge in [-0.3, -0.25) is 0 Å². The molecule has 0 amide bonds. The Morgan fingerprint density at radius 3 is 2.50 bits per heavy atom. The van der Waals surface area contributed by atoms with Crippen LogP contribution >= 0.6 is 0 Å². The molecule has 2 heteroatoms. The highest BCUT2D eigenvalue weighted by Gasteiger charge is 2.21. The maximum Gasteiger partial charge on any atom is 0.0572 e. The van der Waals surface area contributed by atoms with Gasteiger partial charge in [0.2, 0.25) is 0 Å². The standard InChI is InChI=1S/C16H31NO/c1-13-4-3-5-14(12-13)10-11-17-15-6-8-16(18-2)9-7-15/h13-17H,3-12H2,1-2H3. The third-order valence-electron chi connectivity index (χ3n) is 5.04. The normalized spacial score (nSPS) is 37.7. The molecule has 0 aromatic carbocycles. The van der Waals surface area contributed by atoms with Crippen LogP contribution in [-0.2, 0) is 4.74 Å². The number of hydrogen-bond acceptors (Lipinski definition) is 2. The number of hydrogen-bond donors (Lipinski definition) is 1. The van der Waals surface area contributed by atoms with Crippen molar-refractivity contribution in [2.75, 3.05) is 13.7 Å². The van der Waals surface area contributed by atoms with E-state index in [2.05, 4.69) is 12.2 Å². The predicted molar refractivity (Wildman–Crippen MR) is 76.8 cm³/mol. The lowest BCUT2D eigenvalue weighted by Gasteiger charge is -2.30. The van der Waals surface area contributed by atoms with E-state index in [1.165, 1.54) is 64.3 Å². The first-order chi connectivity index (χ1) is 8.78. The van der Waals surface area contributed by atoms with Crippen molar-refractivity contribution < 1.29 is 4.74 Å². The summed E-state index contributed by atoms with van der Waals surface area (Å²) in [5, 5.41) is 3.77. The minimum Gasteiger partial charge on any atom is -0.381 e. The second-order valence-electron chi connectivity index (χ2n) is 6.59. The van der Waals surface area contributed by atoms with E-state index >= 15 is 0 Å². The Kier molecular flexibility index (Phi) is 5.97. The molecule has 2 atom stereocenters. The highest BCUT2D eigenvalue weighted by Crippen LogP contribution is 2.30. The summed E-state index contributed by atoms with van der Waals surface area (Å²) in [6.45, 7) is 3.66. The van der Waals surface area contributed by atoms with Crippen LogP contribution < -0.4 is 5.32 Å². The molecule has 2 aliphatic carbocycles. The molecule has 2 nitrogen and oxygen atoms in total. The van der Waals surface area contributed by atoms with E-state index in [-0.39, 0.29) is 0 Å². The lowest BCUT2D eigenvalue weighted by Crippen LogP contribution is -2.36. The van der Waals surface area contributed by atoms with Crippen LogP contribution in [0, 0.1) is 11.8 Å². The second-order valence-corrected chi connectivity index (χ2v) is 6.59. The fraction of sp³-hybridized carbons (Fsp3) is 1.00. The van der Waals surface area contributed by atoms with Crippen molar-refractivity contribution in [2.45, 2.75) is 76.9 Å². The third-order valence-corrected chi connectivity index (χ3v) is 5.04. The molecule has 2 rings (SSSR count). The molecule has 1 N–H and O–H groups in total. The average Bonchev–Trinajstić information content (AvgIpc) is 2.40. The predicted octanol–water partition coefficient (Wildman–Crippen LogP) is 3.75. The van der Waals surface area contributed by atoms with Crippen molar-refractivity contribution in [1.82, 2.24) is 5.32 Å². The number of rotatable bonds is 5. The number of nitrogens with one attached hydrogen (secondary N) is 1. The Morgan fingerprint density at radius 2 is 1.83 bits per heavy atom. The molecule has 0 aromatic heterocycles. The van der Waals surface area contributed by atoms with Gasteiger partial charge in [-0.25, -0.2) is 0 Å². The van der Waals surface area contributed by atoms with Gasteiger partial charge in [-0.2, -0.15) is 0 Å². The van der Waals surface area contributed by atoms with Gasteiger partial charge in [0, 0.05) is 13.2 Å². The summed E-state index contributed by atoms with van der Waals surface area (Å²) in [6, 6.07) is 0.761. The number of ether oxygens (including phenoxy) is 1. The monoisotopic (exact) mass is 253 g/mol. The zero-order valence-corrected chi connectivity index (χ0v) is 12.3. The van der Waals surface area contributed by atoms with E-state index in [4.69, 9.17) is 4.74 Å². The van der Waals surface area contributed by atoms with E-state index < -0.39 is 0 Å². The quantitative estimate of drug-likeness (QED) is 0.805. The van der Waals surface area contributed by atoms with Crippen LogP contribution in [0.2, 0.25) is 0 Å². The van der Waals surface area contributed by atoms with Crippen LogP contribution in [0.3, 0.4) is 0 Å². The van der Waals surface area contributed by atoms with E-state index in [1.54, 1.807) is 0 Å². The topological polar surface area (TPSA) is 21.3 Å². The molecular weight excluding hydrogens is 222 g/mol. The fourth-order valence-electron chi connectivity index (χ4n) is 3.82. The van der Waals surface area contributed by atoms with Crippen LogP contribution in [0.4, 0.5) is 0 Å². The highest BCUT2D eigenvalue weighted by atomic mass is 16.5. The summed E-state index contributed by atoms with van der Waals surface area (Å²) in [7, 11) is 1.85. The van der Waals surface area contributed by atoms with Gasteiger partial charge in [0.25, 0.3) is 0 Å². The molecule has 0 radical (unpaired) electrons. The van der Waals surface area contributed by atoms with E-state index in [0.29, 0.717) is 6.10 Å². The maximum atomic E-state index is 5.42. The van der Waals surface area contributed by atoms with Crippen molar-refractivity contribution in [3.05, 3.63) is 0 Å². The molecule has 2 unspecified atom stereocenters. The largest absolute Gasteiger partial charge is 0.381 e. The molecule has 0 saturated heterocycles. The third kappa shape index (κ3) is 4.55. The summed E-state index contributed by atoms with van der Waals surface area (Å²) in [4.78, 5) is 0.